The molecule has 0 spiro atoms. The molecule has 1 amide bonds. The molecule has 0 saturated carbocycles. The van der Waals surface area contributed by atoms with Crippen molar-refractivity contribution in [3.8, 4) is 5.75 Å². The van der Waals surface area contributed by atoms with Crippen LogP contribution in [0.15, 0.2) is 24.3 Å². The van der Waals surface area contributed by atoms with E-state index in [1.165, 1.54) is 12.1 Å². The predicted molar refractivity (Wildman–Crippen MR) is 84.4 cm³/mol. The summed E-state index contributed by atoms with van der Waals surface area (Å²) in [6.45, 7) is 5.25. The van der Waals surface area contributed by atoms with Crippen molar-refractivity contribution in [2.45, 2.75) is 39.1 Å². The van der Waals surface area contributed by atoms with Gasteiger partial charge in [0.05, 0.1) is 0 Å². The van der Waals surface area contributed by atoms with Crippen LogP contribution in [0.1, 0.15) is 31.7 Å². The van der Waals surface area contributed by atoms with Crippen molar-refractivity contribution in [2.24, 2.45) is 5.41 Å². The van der Waals surface area contributed by atoms with Gasteiger partial charge in [0, 0.05) is 13.1 Å². The third kappa shape index (κ3) is 6.03. The number of piperidine rings is 1. The van der Waals surface area contributed by atoms with Gasteiger partial charge in [-0.15, -0.1) is 13.2 Å². The van der Waals surface area contributed by atoms with Crippen LogP contribution in [0.2, 0.25) is 0 Å². The number of nitrogens with one attached hydrogen (secondary N) is 1. The van der Waals surface area contributed by atoms with Gasteiger partial charge in [-0.25, -0.2) is 0 Å². The lowest BCUT2D eigenvalue weighted by Gasteiger charge is -2.35. The van der Waals surface area contributed by atoms with Gasteiger partial charge in [0.2, 0.25) is 6.41 Å². The standard InChI is InChI=1S/C17H23F3N2O2/c1-16(6-9-21-10-7-16)8-11-22(13-23)12-14-2-4-15(5-3-14)24-17(18,19)20/h2-5,13,21H,6-12H2,1H3. The molecule has 1 heterocycles. The van der Waals surface area contributed by atoms with Gasteiger partial charge in [0.25, 0.3) is 0 Å². The highest BCUT2D eigenvalue weighted by Crippen LogP contribution is 2.32. The fraction of sp³-hybridized carbons (Fsp3) is 0.588. The molecular formula is C17H23F3N2O2. The first-order chi connectivity index (χ1) is 11.3. The molecule has 24 heavy (non-hydrogen) atoms. The average Bonchev–Trinajstić information content (AvgIpc) is 2.52. The topological polar surface area (TPSA) is 41.6 Å². The van der Waals surface area contributed by atoms with Gasteiger partial charge in [-0.1, -0.05) is 19.1 Å². The number of benzene rings is 1. The molecule has 1 N–H and O–H groups in total. The molecule has 2 rings (SSSR count). The largest absolute Gasteiger partial charge is 0.573 e. The van der Waals surface area contributed by atoms with Crippen LogP contribution in [0.3, 0.4) is 0 Å². The molecule has 1 saturated heterocycles. The van der Waals surface area contributed by atoms with E-state index in [4.69, 9.17) is 0 Å². The highest BCUT2D eigenvalue weighted by atomic mass is 19.4. The maximum Gasteiger partial charge on any atom is 0.573 e. The Morgan fingerprint density at radius 3 is 2.42 bits per heavy atom. The van der Waals surface area contributed by atoms with E-state index in [9.17, 15) is 18.0 Å². The summed E-state index contributed by atoms with van der Waals surface area (Å²) in [5, 5.41) is 3.33. The molecule has 1 aliphatic heterocycles. The number of nitrogens with zero attached hydrogens (tertiary/aromatic N) is 1. The molecule has 1 fully saturated rings. The van der Waals surface area contributed by atoms with Gasteiger partial charge in [-0.2, -0.15) is 0 Å². The minimum Gasteiger partial charge on any atom is -0.406 e. The van der Waals surface area contributed by atoms with E-state index in [-0.39, 0.29) is 11.2 Å². The minimum atomic E-state index is -4.69. The first-order valence-electron chi connectivity index (χ1n) is 8.04. The van der Waals surface area contributed by atoms with Crippen molar-refractivity contribution < 1.29 is 22.7 Å². The Kier molecular flexibility index (Phi) is 6.10. The number of rotatable bonds is 7. The Hall–Kier alpha value is -1.76. The van der Waals surface area contributed by atoms with Crippen LogP contribution >= 0.6 is 0 Å². The molecule has 7 heteroatoms. The number of amides is 1. The zero-order valence-electron chi connectivity index (χ0n) is 13.7. The van der Waals surface area contributed by atoms with Crippen molar-refractivity contribution >= 4 is 6.41 Å². The number of halogens is 3. The normalized spacial score (nSPS) is 17.3. The number of alkyl halides is 3. The van der Waals surface area contributed by atoms with Crippen molar-refractivity contribution in [1.29, 1.82) is 0 Å². The summed E-state index contributed by atoms with van der Waals surface area (Å²) in [6.07, 6.45) is -0.805. The predicted octanol–water partition coefficient (Wildman–Crippen LogP) is 3.32. The maximum atomic E-state index is 12.1. The molecule has 4 nitrogen and oxygen atoms in total. The van der Waals surface area contributed by atoms with Crippen molar-refractivity contribution in [3.05, 3.63) is 29.8 Å². The third-order valence-electron chi connectivity index (χ3n) is 4.50. The van der Waals surface area contributed by atoms with Gasteiger partial charge in [-0.05, 0) is 55.5 Å². The Morgan fingerprint density at radius 1 is 1.25 bits per heavy atom. The summed E-state index contributed by atoms with van der Waals surface area (Å²) in [5.41, 5.74) is 1.00. The number of hydrogen-bond acceptors (Lipinski definition) is 3. The molecular weight excluding hydrogens is 321 g/mol. The van der Waals surface area contributed by atoms with Crippen LogP contribution in [0, 0.1) is 5.41 Å². The Labute approximate surface area is 140 Å². The van der Waals surface area contributed by atoms with E-state index in [0.29, 0.717) is 13.1 Å². The molecule has 0 radical (unpaired) electrons. The lowest BCUT2D eigenvalue weighted by atomic mass is 9.78. The number of ether oxygens (including phenoxy) is 1. The van der Waals surface area contributed by atoms with Crippen LogP contribution in [-0.4, -0.2) is 37.3 Å². The van der Waals surface area contributed by atoms with Crippen molar-refractivity contribution in [1.82, 2.24) is 10.2 Å². The first kappa shape index (κ1) is 18.6. The van der Waals surface area contributed by atoms with E-state index in [0.717, 1.165) is 44.3 Å². The van der Waals surface area contributed by atoms with Crippen LogP contribution in [0.5, 0.6) is 5.75 Å². The number of carbonyl (C=O) groups excluding carboxylic acids is 1. The molecule has 0 aliphatic carbocycles. The fourth-order valence-electron chi connectivity index (χ4n) is 2.89. The second-order valence-corrected chi connectivity index (χ2v) is 6.58. The fourth-order valence-corrected chi connectivity index (χ4v) is 2.89. The number of carbonyl (C=O) groups is 1. The summed E-state index contributed by atoms with van der Waals surface area (Å²) >= 11 is 0. The van der Waals surface area contributed by atoms with Crippen LogP contribution < -0.4 is 10.1 Å². The van der Waals surface area contributed by atoms with Gasteiger partial charge >= 0.3 is 6.36 Å². The zero-order valence-corrected chi connectivity index (χ0v) is 13.7. The minimum absolute atomic E-state index is 0.233. The number of hydrogen-bond donors (Lipinski definition) is 1. The quantitative estimate of drug-likeness (QED) is 0.772. The zero-order chi connectivity index (χ0) is 17.6. The Morgan fingerprint density at radius 2 is 1.88 bits per heavy atom. The van der Waals surface area contributed by atoms with E-state index in [1.807, 2.05) is 0 Å². The molecule has 0 aromatic heterocycles. The smallest absolute Gasteiger partial charge is 0.406 e. The van der Waals surface area contributed by atoms with E-state index in [2.05, 4.69) is 17.0 Å². The van der Waals surface area contributed by atoms with Crippen LogP contribution in [-0.2, 0) is 11.3 Å². The van der Waals surface area contributed by atoms with Gasteiger partial charge < -0.3 is 15.0 Å². The molecule has 0 bridgehead atoms. The summed E-state index contributed by atoms with van der Waals surface area (Å²) in [7, 11) is 0. The molecule has 134 valence electrons. The van der Waals surface area contributed by atoms with Crippen molar-refractivity contribution in [2.75, 3.05) is 19.6 Å². The van der Waals surface area contributed by atoms with Gasteiger partial charge in [-0.3, -0.25) is 4.79 Å². The lowest BCUT2D eigenvalue weighted by molar-refractivity contribution is -0.274. The second-order valence-electron chi connectivity index (χ2n) is 6.58. The molecule has 1 aliphatic rings. The van der Waals surface area contributed by atoms with E-state index in [1.54, 1.807) is 17.0 Å². The summed E-state index contributed by atoms with van der Waals surface area (Å²) in [4.78, 5) is 12.9. The monoisotopic (exact) mass is 344 g/mol. The maximum absolute atomic E-state index is 12.1. The lowest BCUT2D eigenvalue weighted by Crippen LogP contribution is -2.37. The van der Waals surface area contributed by atoms with Gasteiger partial charge in [0.1, 0.15) is 5.75 Å². The van der Waals surface area contributed by atoms with Crippen LogP contribution in [0.25, 0.3) is 0 Å². The Balaban J connectivity index is 1.86. The van der Waals surface area contributed by atoms with E-state index < -0.39 is 6.36 Å². The summed E-state index contributed by atoms with van der Waals surface area (Å²) in [6, 6.07) is 5.62. The third-order valence-corrected chi connectivity index (χ3v) is 4.50. The molecule has 0 atom stereocenters. The summed E-state index contributed by atoms with van der Waals surface area (Å²) < 4.78 is 40.3. The second kappa shape index (κ2) is 7.88. The molecule has 1 aromatic rings. The van der Waals surface area contributed by atoms with E-state index >= 15 is 0 Å². The Bertz CT molecular complexity index is 526. The van der Waals surface area contributed by atoms with Gasteiger partial charge in [0.15, 0.2) is 0 Å². The average molecular weight is 344 g/mol. The SMILES string of the molecule is CC1(CCN(C=O)Cc2ccc(OC(F)(F)F)cc2)CCNCC1. The summed E-state index contributed by atoms with van der Waals surface area (Å²) in [5.74, 6) is -0.258. The highest BCUT2D eigenvalue weighted by molar-refractivity contribution is 5.47. The molecule has 0 unspecified atom stereocenters. The first-order valence-corrected chi connectivity index (χ1v) is 8.04. The molecule has 1 aromatic carbocycles. The highest BCUT2D eigenvalue weighted by Gasteiger charge is 2.31. The van der Waals surface area contributed by atoms with Crippen molar-refractivity contribution in [3.63, 3.8) is 0 Å². The van der Waals surface area contributed by atoms with Crippen LogP contribution in [0.4, 0.5) is 13.2 Å².